The predicted molar refractivity (Wildman–Crippen MR) is 129 cm³/mol. The van der Waals surface area contributed by atoms with Gasteiger partial charge in [0.05, 0.1) is 9.79 Å². The van der Waals surface area contributed by atoms with Crippen molar-refractivity contribution < 1.29 is 18.0 Å². The second kappa shape index (κ2) is 9.91. The molecule has 0 saturated carbocycles. The van der Waals surface area contributed by atoms with Crippen LogP contribution in [0.15, 0.2) is 63.6 Å². The highest BCUT2D eigenvalue weighted by Crippen LogP contribution is 2.35. The number of ketones is 1. The van der Waals surface area contributed by atoms with E-state index in [0.29, 0.717) is 6.54 Å². The van der Waals surface area contributed by atoms with E-state index in [9.17, 15) is 18.0 Å². The van der Waals surface area contributed by atoms with Crippen LogP contribution in [0.2, 0.25) is 0 Å². The lowest BCUT2D eigenvalue weighted by atomic mass is 10.0. The van der Waals surface area contributed by atoms with E-state index in [4.69, 9.17) is 0 Å². The Morgan fingerprint density at radius 1 is 0.879 bits per heavy atom. The van der Waals surface area contributed by atoms with Crippen LogP contribution >= 0.6 is 0 Å². The van der Waals surface area contributed by atoms with Crippen molar-refractivity contribution in [3.63, 3.8) is 0 Å². The Bertz CT molecular complexity index is 1210. The van der Waals surface area contributed by atoms with Gasteiger partial charge in [-0.25, -0.2) is 8.42 Å². The van der Waals surface area contributed by atoms with Crippen molar-refractivity contribution in [1.82, 2.24) is 9.80 Å². The maximum absolute atomic E-state index is 13.5. The van der Waals surface area contributed by atoms with Crippen molar-refractivity contribution >= 4 is 21.5 Å². The molecule has 1 aliphatic heterocycles. The van der Waals surface area contributed by atoms with Crippen molar-refractivity contribution in [2.24, 2.45) is 0 Å². The molecule has 0 N–H and O–H groups in total. The molecule has 7 heteroatoms. The molecule has 176 valence electrons. The molecule has 2 aromatic carbocycles. The first-order valence-corrected chi connectivity index (χ1v) is 13.0. The van der Waals surface area contributed by atoms with E-state index in [2.05, 4.69) is 25.7 Å². The summed E-state index contributed by atoms with van der Waals surface area (Å²) in [6.45, 7) is 12.3. The first-order valence-electron chi connectivity index (χ1n) is 11.5. The fraction of sp³-hybridized carbons (Fsp3) is 0.385. The Morgan fingerprint density at radius 3 is 2.12 bits per heavy atom. The van der Waals surface area contributed by atoms with Gasteiger partial charge in [0.1, 0.15) is 0 Å². The number of sulfone groups is 1. The van der Waals surface area contributed by atoms with E-state index in [-0.39, 0.29) is 38.2 Å². The molecule has 0 spiro atoms. The second-order valence-electron chi connectivity index (χ2n) is 8.04. The third-order valence-electron chi connectivity index (χ3n) is 6.20. The van der Waals surface area contributed by atoms with Gasteiger partial charge in [0.25, 0.3) is 5.91 Å². The molecule has 6 nitrogen and oxygen atoms in total. The van der Waals surface area contributed by atoms with Crippen LogP contribution in [0.25, 0.3) is 0 Å². The van der Waals surface area contributed by atoms with Crippen LogP contribution in [0.1, 0.15) is 73.7 Å². The van der Waals surface area contributed by atoms with E-state index >= 15 is 0 Å². The summed E-state index contributed by atoms with van der Waals surface area (Å²) >= 11 is 0. The highest BCUT2D eigenvalue weighted by Gasteiger charge is 2.35. The zero-order valence-corrected chi connectivity index (χ0v) is 20.8. The number of hydrogen-bond acceptors (Lipinski definition) is 5. The second-order valence-corrected chi connectivity index (χ2v) is 9.93. The van der Waals surface area contributed by atoms with Crippen LogP contribution < -0.4 is 0 Å². The molecule has 0 fully saturated rings. The molecular formula is C26H32N2O4S. The minimum Gasteiger partial charge on any atom is -0.374 e. The lowest BCUT2D eigenvalue weighted by Crippen LogP contribution is -2.34. The number of benzene rings is 2. The van der Waals surface area contributed by atoms with Crippen LogP contribution in [-0.2, 0) is 9.84 Å². The highest BCUT2D eigenvalue weighted by molar-refractivity contribution is 7.91. The van der Waals surface area contributed by atoms with Crippen molar-refractivity contribution in [3.8, 4) is 0 Å². The Labute approximate surface area is 196 Å². The fourth-order valence-corrected chi connectivity index (χ4v) is 6.15. The molecule has 0 bridgehead atoms. The van der Waals surface area contributed by atoms with Gasteiger partial charge in [0.15, 0.2) is 5.78 Å². The smallest absolute Gasteiger partial charge is 0.258 e. The van der Waals surface area contributed by atoms with Gasteiger partial charge in [-0.3, -0.25) is 9.59 Å². The zero-order chi connectivity index (χ0) is 24.3. The Morgan fingerprint density at radius 2 is 1.52 bits per heavy atom. The predicted octanol–water partition coefficient (Wildman–Crippen LogP) is 4.90. The summed E-state index contributed by atoms with van der Waals surface area (Å²) in [5.41, 5.74) is 2.51. The molecule has 33 heavy (non-hydrogen) atoms. The van der Waals surface area contributed by atoms with Crippen LogP contribution in [0.5, 0.6) is 0 Å². The first kappa shape index (κ1) is 24.7. The normalized spacial score (nSPS) is 14.8. The van der Waals surface area contributed by atoms with Crippen LogP contribution in [0, 0.1) is 0 Å². The van der Waals surface area contributed by atoms with E-state index in [1.54, 1.807) is 23.1 Å². The largest absolute Gasteiger partial charge is 0.374 e. The summed E-state index contributed by atoms with van der Waals surface area (Å²) in [6, 6.07) is 10.6. The van der Waals surface area contributed by atoms with Crippen LogP contribution in [0.4, 0.5) is 0 Å². The van der Waals surface area contributed by atoms with E-state index in [0.717, 1.165) is 37.3 Å². The zero-order valence-electron chi connectivity index (χ0n) is 20.0. The van der Waals surface area contributed by atoms with Crippen molar-refractivity contribution in [2.45, 2.75) is 57.3 Å². The van der Waals surface area contributed by atoms with Crippen molar-refractivity contribution in [1.29, 1.82) is 0 Å². The number of rotatable bonds is 8. The Balaban J connectivity index is 2.09. The highest BCUT2D eigenvalue weighted by atomic mass is 32.2. The minimum absolute atomic E-state index is 0.0118. The summed E-state index contributed by atoms with van der Waals surface area (Å²) in [4.78, 5) is 30.3. The molecule has 1 amide bonds. The summed E-state index contributed by atoms with van der Waals surface area (Å²) in [6.07, 6.45) is 1.80. The lowest BCUT2D eigenvalue weighted by Gasteiger charge is -2.31. The molecule has 3 rings (SSSR count). The third-order valence-corrected chi connectivity index (χ3v) is 8.05. The molecule has 0 atom stereocenters. The quantitative estimate of drug-likeness (QED) is 0.470. The van der Waals surface area contributed by atoms with Gasteiger partial charge in [-0.05, 0) is 64.4 Å². The van der Waals surface area contributed by atoms with Gasteiger partial charge in [-0.1, -0.05) is 25.5 Å². The van der Waals surface area contributed by atoms with Gasteiger partial charge >= 0.3 is 0 Å². The number of carbonyl (C=O) groups is 2. The van der Waals surface area contributed by atoms with Gasteiger partial charge in [-0.15, -0.1) is 0 Å². The van der Waals surface area contributed by atoms with E-state index in [1.165, 1.54) is 24.3 Å². The van der Waals surface area contributed by atoms with Crippen molar-refractivity contribution in [2.75, 3.05) is 19.6 Å². The first-order chi connectivity index (χ1) is 15.7. The molecule has 0 aromatic heterocycles. The standard InChI is InChI=1S/C26H32N2O4S/c1-6-12-22(27(7-2)8-3)18(5)28(9-4)26(30)19-15-16-21-24(17-19)33(31,32)23-14-11-10-13-20(23)25(21)29/h10-11,13-17H,6-9,12H2,1-5H3/b22-18-. The topological polar surface area (TPSA) is 74.8 Å². The summed E-state index contributed by atoms with van der Waals surface area (Å²) in [5.74, 6) is -0.621. The van der Waals surface area contributed by atoms with Gasteiger partial charge in [-0.2, -0.15) is 0 Å². The maximum Gasteiger partial charge on any atom is 0.258 e. The van der Waals surface area contributed by atoms with E-state index < -0.39 is 9.84 Å². The molecule has 2 aromatic rings. The monoisotopic (exact) mass is 468 g/mol. The van der Waals surface area contributed by atoms with Crippen molar-refractivity contribution in [3.05, 3.63) is 70.5 Å². The Kier molecular flexibility index (Phi) is 7.42. The number of nitrogens with zero attached hydrogens (tertiary/aromatic N) is 2. The molecule has 0 radical (unpaired) electrons. The number of fused-ring (bicyclic) bond motifs is 2. The number of amides is 1. The maximum atomic E-state index is 13.5. The molecule has 0 aliphatic carbocycles. The average Bonchev–Trinajstić information content (AvgIpc) is 2.83. The van der Waals surface area contributed by atoms with Crippen LogP contribution in [-0.4, -0.2) is 49.5 Å². The molecule has 0 unspecified atom stereocenters. The summed E-state index contributed by atoms with van der Waals surface area (Å²) in [7, 11) is -3.90. The minimum atomic E-state index is -3.90. The van der Waals surface area contributed by atoms with Gasteiger partial charge in [0.2, 0.25) is 9.84 Å². The Hall–Kier alpha value is -2.93. The van der Waals surface area contributed by atoms with E-state index in [1.807, 2.05) is 13.8 Å². The lowest BCUT2D eigenvalue weighted by molar-refractivity contribution is 0.0805. The molecule has 0 saturated heterocycles. The fourth-order valence-electron chi connectivity index (χ4n) is 4.47. The van der Waals surface area contributed by atoms with Gasteiger partial charge in [0, 0.05) is 47.7 Å². The molecular weight excluding hydrogens is 436 g/mol. The number of allylic oxidation sites excluding steroid dienone is 2. The third kappa shape index (κ3) is 4.34. The molecule has 1 heterocycles. The van der Waals surface area contributed by atoms with Gasteiger partial charge < -0.3 is 9.80 Å². The van der Waals surface area contributed by atoms with Crippen LogP contribution in [0.3, 0.4) is 0 Å². The average molecular weight is 469 g/mol. The molecule has 1 aliphatic rings. The SMILES string of the molecule is CCC/C(=C(\C)N(CC)C(=O)c1ccc2c(c1)S(=O)(=O)c1ccccc1C2=O)N(CC)CC. The number of carbonyl (C=O) groups excluding carboxylic acids is 2. The summed E-state index contributed by atoms with van der Waals surface area (Å²) < 4.78 is 26.5. The number of hydrogen-bond donors (Lipinski definition) is 0. The summed E-state index contributed by atoms with van der Waals surface area (Å²) in [5, 5.41) is 0.